The summed E-state index contributed by atoms with van der Waals surface area (Å²) in [4.78, 5) is 2.54. The topological polar surface area (TPSA) is 29.3 Å². The van der Waals surface area contributed by atoms with Gasteiger partial charge in [-0.3, -0.25) is 4.90 Å². The molecule has 0 aromatic rings. The van der Waals surface area contributed by atoms with Crippen molar-refractivity contribution in [1.82, 2.24) is 4.90 Å². The van der Waals surface area contributed by atoms with Crippen LogP contribution in [0.25, 0.3) is 0 Å². The Morgan fingerprint density at radius 1 is 1.62 bits per heavy atom. The maximum atomic E-state index is 6.10. The average molecular weight is 262 g/mol. The first-order chi connectivity index (χ1) is 7.58. The van der Waals surface area contributed by atoms with E-state index in [4.69, 9.17) is 5.73 Å². The van der Waals surface area contributed by atoms with Crippen LogP contribution < -0.4 is 5.73 Å². The summed E-state index contributed by atoms with van der Waals surface area (Å²) in [6, 6.07) is 0.611. The van der Waals surface area contributed by atoms with E-state index in [1.807, 2.05) is 11.8 Å². The van der Waals surface area contributed by atoms with E-state index in [0.29, 0.717) is 11.3 Å². The van der Waals surface area contributed by atoms with Crippen LogP contribution in [-0.4, -0.2) is 53.1 Å². The molecule has 0 aromatic carbocycles. The van der Waals surface area contributed by atoms with Crippen LogP contribution in [0, 0.1) is 0 Å². The third kappa shape index (κ3) is 2.89. The van der Waals surface area contributed by atoms with Crippen LogP contribution in [0.2, 0.25) is 0 Å². The van der Waals surface area contributed by atoms with E-state index >= 15 is 0 Å². The molecule has 0 saturated carbocycles. The van der Waals surface area contributed by atoms with E-state index in [1.165, 1.54) is 24.3 Å². The van der Waals surface area contributed by atoms with Gasteiger partial charge < -0.3 is 5.73 Å². The van der Waals surface area contributed by atoms with Gasteiger partial charge in [-0.25, -0.2) is 0 Å². The number of thioether (sulfide) groups is 2. The first-order valence-electron chi connectivity index (χ1n) is 6.12. The normalized spacial score (nSPS) is 33.0. The molecule has 0 spiro atoms. The van der Waals surface area contributed by atoms with Gasteiger partial charge in [0, 0.05) is 29.1 Å². The number of nitrogens with two attached hydrogens (primary N) is 1. The van der Waals surface area contributed by atoms with E-state index in [0.717, 1.165) is 6.54 Å². The highest BCUT2D eigenvalue weighted by molar-refractivity contribution is 8.00. The van der Waals surface area contributed by atoms with Crippen molar-refractivity contribution in [3.05, 3.63) is 0 Å². The standard InChI is InChI=1S/C12H26N2S2/c1-10(8-15-4)14(3)12(9-13)6-5-7-16-11(12)2/h10-11H,5-9,13H2,1-4H3. The van der Waals surface area contributed by atoms with Crippen LogP contribution in [0.1, 0.15) is 26.7 Å². The fourth-order valence-electron chi connectivity index (χ4n) is 2.66. The highest BCUT2D eigenvalue weighted by Gasteiger charge is 2.42. The van der Waals surface area contributed by atoms with Crippen LogP contribution in [0.4, 0.5) is 0 Å². The van der Waals surface area contributed by atoms with Gasteiger partial charge >= 0.3 is 0 Å². The Bertz CT molecular complexity index is 213. The summed E-state index contributed by atoms with van der Waals surface area (Å²) in [5, 5.41) is 0.653. The third-order valence-corrected chi connectivity index (χ3v) is 6.28. The van der Waals surface area contributed by atoms with Crippen molar-refractivity contribution >= 4 is 23.5 Å². The van der Waals surface area contributed by atoms with Crippen LogP contribution in [0.3, 0.4) is 0 Å². The molecule has 0 bridgehead atoms. The fraction of sp³-hybridized carbons (Fsp3) is 1.00. The van der Waals surface area contributed by atoms with E-state index in [1.54, 1.807) is 0 Å². The molecule has 0 aliphatic carbocycles. The lowest BCUT2D eigenvalue weighted by atomic mass is 9.87. The Balaban J connectivity index is 2.76. The molecule has 1 rings (SSSR count). The van der Waals surface area contributed by atoms with Crippen LogP contribution in [0.5, 0.6) is 0 Å². The highest BCUT2D eigenvalue weighted by Crippen LogP contribution is 2.38. The zero-order valence-corrected chi connectivity index (χ0v) is 12.7. The van der Waals surface area contributed by atoms with Crippen LogP contribution in [0.15, 0.2) is 0 Å². The van der Waals surface area contributed by atoms with Gasteiger partial charge in [0.15, 0.2) is 0 Å². The van der Waals surface area contributed by atoms with Gasteiger partial charge in [0.2, 0.25) is 0 Å². The summed E-state index contributed by atoms with van der Waals surface area (Å²) in [5.41, 5.74) is 6.32. The molecule has 1 fully saturated rings. The minimum atomic E-state index is 0.220. The van der Waals surface area contributed by atoms with E-state index in [-0.39, 0.29) is 5.54 Å². The first kappa shape index (κ1) is 14.7. The molecule has 2 N–H and O–H groups in total. The molecule has 1 saturated heterocycles. The summed E-state index contributed by atoms with van der Waals surface area (Å²) >= 11 is 4.01. The molecule has 0 amide bonds. The number of hydrogen-bond acceptors (Lipinski definition) is 4. The second-order valence-electron chi connectivity index (χ2n) is 4.84. The SMILES string of the molecule is CSCC(C)N(C)C1(CN)CCCSC1C. The number of likely N-dealkylation sites (N-methyl/N-ethyl adjacent to an activating group) is 1. The van der Waals surface area contributed by atoms with Crippen molar-refractivity contribution in [3.63, 3.8) is 0 Å². The van der Waals surface area contributed by atoms with Gasteiger partial charge in [-0.05, 0) is 38.8 Å². The van der Waals surface area contributed by atoms with Crippen molar-refractivity contribution < 1.29 is 0 Å². The molecule has 3 unspecified atom stereocenters. The second kappa shape index (κ2) is 6.53. The molecule has 2 nitrogen and oxygen atoms in total. The number of nitrogens with zero attached hydrogens (tertiary/aromatic N) is 1. The monoisotopic (exact) mass is 262 g/mol. The lowest BCUT2D eigenvalue weighted by Crippen LogP contribution is -2.62. The minimum Gasteiger partial charge on any atom is -0.329 e. The molecule has 4 heteroatoms. The quantitative estimate of drug-likeness (QED) is 0.823. The van der Waals surface area contributed by atoms with Crippen molar-refractivity contribution in [3.8, 4) is 0 Å². The van der Waals surface area contributed by atoms with E-state index in [9.17, 15) is 0 Å². The summed E-state index contributed by atoms with van der Waals surface area (Å²) in [7, 11) is 2.26. The smallest absolute Gasteiger partial charge is 0.0447 e. The molecule has 0 aromatic heterocycles. The Morgan fingerprint density at radius 3 is 2.81 bits per heavy atom. The fourth-order valence-corrected chi connectivity index (χ4v) is 4.72. The lowest BCUT2D eigenvalue weighted by molar-refractivity contribution is 0.0825. The Kier molecular flexibility index (Phi) is 5.99. The summed E-state index contributed by atoms with van der Waals surface area (Å²) in [6.07, 6.45) is 4.74. The third-order valence-electron chi connectivity index (χ3n) is 4.00. The van der Waals surface area contributed by atoms with Crippen molar-refractivity contribution in [2.24, 2.45) is 5.73 Å². The van der Waals surface area contributed by atoms with E-state index < -0.39 is 0 Å². The predicted octanol–water partition coefficient (Wildman–Crippen LogP) is 2.28. The van der Waals surface area contributed by atoms with Gasteiger partial charge in [0.25, 0.3) is 0 Å². The lowest BCUT2D eigenvalue weighted by Gasteiger charge is -2.50. The van der Waals surface area contributed by atoms with Gasteiger partial charge in [-0.15, -0.1) is 0 Å². The predicted molar refractivity (Wildman–Crippen MR) is 78.5 cm³/mol. The Morgan fingerprint density at radius 2 is 2.31 bits per heavy atom. The molecule has 1 heterocycles. The van der Waals surface area contributed by atoms with Crippen molar-refractivity contribution in [2.45, 2.75) is 43.5 Å². The van der Waals surface area contributed by atoms with Gasteiger partial charge in [0.05, 0.1) is 0 Å². The molecular formula is C12H26N2S2. The van der Waals surface area contributed by atoms with Crippen LogP contribution in [-0.2, 0) is 0 Å². The maximum Gasteiger partial charge on any atom is 0.0447 e. The average Bonchev–Trinajstić information content (AvgIpc) is 2.29. The second-order valence-corrected chi connectivity index (χ2v) is 7.20. The molecule has 16 heavy (non-hydrogen) atoms. The summed E-state index contributed by atoms with van der Waals surface area (Å²) in [5.74, 6) is 2.49. The minimum absolute atomic E-state index is 0.220. The molecular weight excluding hydrogens is 236 g/mol. The Hall–Kier alpha value is 0.620. The molecule has 0 radical (unpaired) electrons. The van der Waals surface area contributed by atoms with Gasteiger partial charge in [-0.2, -0.15) is 23.5 Å². The first-order valence-corrected chi connectivity index (χ1v) is 8.56. The zero-order valence-electron chi connectivity index (χ0n) is 11.0. The Labute approximate surface area is 109 Å². The summed E-state index contributed by atoms with van der Waals surface area (Å²) in [6.45, 7) is 5.45. The van der Waals surface area contributed by atoms with E-state index in [2.05, 4.69) is 43.8 Å². The van der Waals surface area contributed by atoms with Crippen molar-refractivity contribution in [1.29, 1.82) is 0 Å². The zero-order chi connectivity index (χ0) is 12.2. The summed E-state index contributed by atoms with van der Waals surface area (Å²) < 4.78 is 0. The molecule has 1 aliphatic heterocycles. The molecule has 96 valence electrons. The maximum absolute atomic E-state index is 6.10. The van der Waals surface area contributed by atoms with Crippen molar-refractivity contribution in [2.75, 3.05) is 31.4 Å². The molecule has 3 atom stereocenters. The molecule has 1 aliphatic rings. The number of hydrogen-bond donors (Lipinski definition) is 1. The largest absolute Gasteiger partial charge is 0.329 e. The highest BCUT2D eigenvalue weighted by atomic mass is 32.2. The van der Waals surface area contributed by atoms with Gasteiger partial charge in [0.1, 0.15) is 0 Å². The van der Waals surface area contributed by atoms with Gasteiger partial charge in [-0.1, -0.05) is 6.92 Å². The number of rotatable bonds is 5. The van der Waals surface area contributed by atoms with Crippen LogP contribution >= 0.6 is 23.5 Å².